The molecule has 1 aromatic rings. The molecule has 1 atom stereocenters. The monoisotopic (exact) mass is 261 g/mol. The zero-order chi connectivity index (χ0) is 13.3. The lowest BCUT2D eigenvalue weighted by Gasteiger charge is -2.25. The zero-order valence-electron chi connectivity index (χ0n) is 11.6. The minimum atomic E-state index is 0.203. The summed E-state index contributed by atoms with van der Waals surface area (Å²) in [7, 11) is 0. The molecule has 2 N–H and O–H groups in total. The molecule has 0 radical (unpaired) electrons. The van der Waals surface area contributed by atoms with E-state index in [9.17, 15) is 0 Å². The lowest BCUT2D eigenvalue weighted by atomic mass is 9.89. The second-order valence-electron chi connectivity index (χ2n) is 5.90. The zero-order valence-corrected chi connectivity index (χ0v) is 11.6. The van der Waals surface area contributed by atoms with Crippen molar-refractivity contribution >= 4 is 0 Å². The van der Waals surface area contributed by atoms with Gasteiger partial charge in [-0.3, -0.25) is 0 Å². The maximum absolute atomic E-state index is 6.14. The molecule has 1 aliphatic heterocycles. The topological polar surface area (TPSA) is 44.5 Å². The Morgan fingerprint density at radius 3 is 2.68 bits per heavy atom. The SMILES string of the molecule is CC(N)C1(c2cccc(OC3CCOCC3)c2)CC1. The van der Waals surface area contributed by atoms with Crippen molar-refractivity contribution in [2.75, 3.05) is 13.2 Å². The van der Waals surface area contributed by atoms with Crippen LogP contribution in [0.5, 0.6) is 5.75 Å². The van der Waals surface area contributed by atoms with E-state index in [1.807, 2.05) is 0 Å². The molecule has 3 rings (SSSR count). The third-order valence-corrected chi connectivity index (χ3v) is 4.54. The van der Waals surface area contributed by atoms with E-state index in [2.05, 4.69) is 31.2 Å². The van der Waals surface area contributed by atoms with E-state index >= 15 is 0 Å². The van der Waals surface area contributed by atoms with Gasteiger partial charge in [-0.25, -0.2) is 0 Å². The molecule has 1 aliphatic carbocycles. The summed E-state index contributed by atoms with van der Waals surface area (Å²) in [6.45, 7) is 3.74. The highest BCUT2D eigenvalue weighted by atomic mass is 16.5. The fourth-order valence-corrected chi connectivity index (χ4v) is 3.01. The van der Waals surface area contributed by atoms with Gasteiger partial charge in [0.05, 0.1) is 13.2 Å². The van der Waals surface area contributed by atoms with Gasteiger partial charge in [-0.15, -0.1) is 0 Å². The van der Waals surface area contributed by atoms with E-state index in [0.717, 1.165) is 31.8 Å². The lowest BCUT2D eigenvalue weighted by Crippen LogP contribution is -2.31. The van der Waals surface area contributed by atoms with E-state index < -0.39 is 0 Å². The fraction of sp³-hybridized carbons (Fsp3) is 0.625. The molecule has 104 valence electrons. The molecule has 3 heteroatoms. The van der Waals surface area contributed by atoms with Gasteiger partial charge in [0.15, 0.2) is 0 Å². The highest BCUT2D eigenvalue weighted by molar-refractivity contribution is 5.39. The Hall–Kier alpha value is -1.06. The van der Waals surface area contributed by atoms with Crippen molar-refractivity contribution < 1.29 is 9.47 Å². The number of benzene rings is 1. The summed E-state index contributed by atoms with van der Waals surface area (Å²) < 4.78 is 11.4. The predicted octanol–water partition coefficient (Wildman–Crippen LogP) is 2.62. The minimum absolute atomic E-state index is 0.203. The Bertz CT molecular complexity index is 434. The molecule has 2 aliphatic rings. The third-order valence-electron chi connectivity index (χ3n) is 4.54. The molecule has 0 amide bonds. The maximum Gasteiger partial charge on any atom is 0.120 e. The van der Waals surface area contributed by atoms with Crippen molar-refractivity contribution in [3.8, 4) is 5.75 Å². The van der Waals surface area contributed by atoms with E-state index in [4.69, 9.17) is 15.2 Å². The van der Waals surface area contributed by atoms with Crippen LogP contribution in [-0.2, 0) is 10.2 Å². The van der Waals surface area contributed by atoms with Crippen LogP contribution < -0.4 is 10.5 Å². The minimum Gasteiger partial charge on any atom is -0.490 e. The van der Waals surface area contributed by atoms with Gasteiger partial charge in [0.25, 0.3) is 0 Å². The summed E-state index contributed by atoms with van der Waals surface area (Å²) in [5.74, 6) is 0.983. The number of ether oxygens (including phenoxy) is 2. The average Bonchev–Trinajstić information content (AvgIpc) is 3.22. The summed E-state index contributed by atoms with van der Waals surface area (Å²) in [6.07, 6.45) is 4.68. The smallest absolute Gasteiger partial charge is 0.120 e. The third kappa shape index (κ3) is 2.63. The van der Waals surface area contributed by atoms with Gasteiger partial charge >= 0.3 is 0 Å². The first-order valence-corrected chi connectivity index (χ1v) is 7.31. The fourth-order valence-electron chi connectivity index (χ4n) is 3.01. The van der Waals surface area contributed by atoms with Gasteiger partial charge in [0.2, 0.25) is 0 Å². The maximum atomic E-state index is 6.14. The molecule has 1 saturated carbocycles. The quantitative estimate of drug-likeness (QED) is 0.906. The standard InChI is InChI=1S/C16H23NO2/c1-12(17)16(7-8-16)13-3-2-4-15(11-13)19-14-5-9-18-10-6-14/h2-4,11-12,14H,5-10,17H2,1H3. The Morgan fingerprint density at radius 2 is 2.05 bits per heavy atom. The van der Waals surface area contributed by atoms with Crippen molar-refractivity contribution in [1.29, 1.82) is 0 Å². The lowest BCUT2D eigenvalue weighted by molar-refractivity contribution is 0.0255. The molecule has 1 unspecified atom stereocenters. The molecule has 0 aromatic heterocycles. The molecule has 19 heavy (non-hydrogen) atoms. The van der Waals surface area contributed by atoms with Gasteiger partial charge < -0.3 is 15.2 Å². The van der Waals surface area contributed by atoms with Crippen molar-refractivity contribution in [2.45, 2.75) is 50.2 Å². The van der Waals surface area contributed by atoms with Gasteiger partial charge in [-0.2, -0.15) is 0 Å². The first-order chi connectivity index (χ1) is 9.21. The van der Waals surface area contributed by atoms with Gasteiger partial charge in [-0.1, -0.05) is 12.1 Å². The molecule has 1 heterocycles. The Kier molecular flexibility index (Phi) is 3.50. The van der Waals surface area contributed by atoms with E-state index in [0.29, 0.717) is 6.10 Å². The first kappa shape index (κ1) is 12.9. The first-order valence-electron chi connectivity index (χ1n) is 7.31. The largest absolute Gasteiger partial charge is 0.490 e. The van der Waals surface area contributed by atoms with Gasteiger partial charge in [0.1, 0.15) is 11.9 Å². The summed E-state index contributed by atoms with van der Waals surface area (Å²) in [5, 5.41) is 0. The van der Waals surface area contributed by atoms with Gasteiger partial charge in [0, 0.05) is 24.3 Å². The molecule has 1 saturated heterocycles. The molecule has 0 spiro atoms. The molecule has 1 aromatic carbocycles. The summed E-state index contributed by atoms with van der Waals surface area (Å²) in [5.41, 5.74) is 7.68. The van der Waals surface area contributed by atoms with Crippen LogP contribution in [-0.4, -0.2) is 25.4 Å². The molecular weight excluding hydrogens is 238 g/mol. The predicted molar refractivity (Wildman–Crippen MR) is 75.5 cm³/mol. The van der Waals surface area contributed by atoms with Crippen molar-refractivity contribution in [3.05, 3.63) is 29.8 Å². The van der Waals surface area contributed by atoms with Crippen LogP contribution in [0.4, 0.5) is 0 Å². The van der Waals surface area contributed by atoms with Crippen LogP contribution in [0.1, 0.15) is 38.2 Å². The van der Waals surface area contributed by atoms with Crippen LogP contribution in [0.15, 0.2) is 24.3 Å². The Morgan fingerprint density at radius 1 is 1.32 bits per heavy atom. The summed E-state index contributed by atoms with van der Waals surface area (Å²) in [4.78, 5) is 0. The van der Waals surface area contributed by atoms with Crippen molar-refractivity contribution in [1.82, 2.24) is 0 Å². The van der Waals surface area contributed by atoms with E-state index in [1.165, 1.54) is 18.4 Å². The van der Waals surface area contributed by atoms with Crippen LogP contribution >= 0.6 is 0 Å². The van der Waals surface area contributed by atoms with Gasteiger partial charge in [-0.05, 0) is 37.5 Å². The number of hydrogen-bond acceptors (Lipinski definition) is 3. The summed E-state index contributed by atoms with van der Waals surface area (Å²) >= 11 is 0. The highest BCUT2D eigenvalue weighted by Crippen LogP contribution is 2.50. The highest BCUT2D eigenvalue weighted by Gasteiger charge is 2.47. The molecule has 2 fully saturated rings. The number of hydrogen-bond donors (Lipinski definition) is 1. The number of nitrogens with two attached hydrogens (primary N) is 1. The Labute approximate surface area is 115 Å². The molecular formula is C16H23NO2. The number of rotatable bonds is 4. The second kappa shape index (κ2) is 5.14. The van der Waals surface area contributed by atoms with Crippen LogP contribution in [0.3, 0.4) is 0 Å². The van der Waals surface area contributed by atoms with Crippen LogP contribution in [0.2, 0.25) is 0 Å². The van der Waals surface area contributed by atoms with E-state index in [1.54, 1.807) is 0 Å². The second-order valence-corrected chi connectivity index (χ2v) is 5.90. The van der Waals surface area contributed by atoms with Crippen molar-refractivity contribution in [2.24, 2.45) is 5.73 Å². The van der Waals surface area contributed by atoms with Crippen molar-refractivity contribution in [3.63, 3.8) is 0 Å². The average molecular weight is 261 g/mol. The summed E-state index contributed by atoms with van der Waals surface area (Å²) in [6, 6.07) is 8.73. The molecule has 0 bridgehead atoms. The van der Waals surface area contributed by atoms with E-state index in [-0.39, 0.29) is 11.5 Å². The molecule has 3 nitrogen and oxygen atoms in total. The van der Waals surface area contributed by atoms with Crippen LogP contribution in [0.25, 0.3) is 0 Å². The van der Waals surface area contributed by atoms with Crippen LogP contribution in [0, 0.1) is 0 Å². The Balaban J connectivity index is 1.73. The normalized spacial score (nSPS) is 23.9.